The lowest BCUT2D eigenvalue weighted by atomic mass is 9.75. The van der Waals surface area contributed by atoms with E-state index >= 15 is 0 Å². The number of halogens is 2. The van der Waals surface area contributed by atoms with Gasteiger partial charge in [-0.25, -0.2) is 8.78 Å². The molecule has 2 rings (SSSR count). The quantitative estimate of drug-likeness (QED) is 0.809. The molecule has 0 saturated heterocycles. The summed E-state index contributed by atoms with van der Waals surface area (Å²) in [5.41, 5.74) is -3.57. The van der Waals surface area contributed by atoms with Gasteiger partial charge in [0.05, 0.1) is 6.61 Å². The number of hydrogen-bond donors (Lipinski definition) is 3. The standard InChI is InChI=1S/C16H16F2O3/c1-15(20,11-2-6-13(17)7-3-11)16(21,10-19)12-4-8-14(18)9-5-12/h2-9,19-21H,10H2,1H3/t15-,16+/m1/s1. The molecule has 0 aliphatic heterocycles. The van der Waals surface area contributed by atoms with Crippen LogP contribution in [0.2, 0.25) is 0 Å². The van der Waals surface area contributed by atoms with Gasteiger partial charge in [-0.1, -0.05) is 24.3 Å². The molecule has 0 radical (unpaired) electrons. The van der Waals surface area contributed by atoms with Crippen molar-refractivity contribution in [3.8, 4) is 0 Å². The maximum atomic E-state index is 13.0. The zero-order chi connectivity index (χ0) is 15.7. The predicted molar refractivity (Wildman–Crippen MR) is 73.4 cm³/mol. The fourth-order valence-electron chi connectivity index (χ4n) is 2.27. The van der Waals surface area contributed by atoms with Crippen LogP contribution < -0.4 is 0 Å². The van der Waals surface area contributed by atoms with E-state index < -0.39 is 29.4 Å². The third kappa shape index (κ3) is 2.68. The van der Waals surface area contributed by atoms with E-state index in [1.165, 1.54) is 31.2 Å². The zero-order valence-corrected chi connectivity index (χ0v) is 11.4. The first-order valence-electron chi connectivity index (χ1n) is 6.39. The highest BCUT2D eigenvalue weighted by Crippen LogP contribution is 2.40. The van der Waals surface area contributed by atoms with Crippen LogP contribution in [-0.2, 0) is 11.2 Å². The molecule has 2 atom stereocenters. The lowest BCUT2D eigenvalue weighted by Crippen LogP contribution is -2.50. The Morgan fingerprint density at radius 3 is 1.57 bits per heavy atom. The highest BCUT2D eigenvalue weighted by atomic mass is 19.1. The molecule has 0 fully saturated rings. The number of aliphatic hydroxyl groups is 3. The van der Waals surface area contributed by atoms with Gasteiger partial charge in [0.25, 0.3) is 0 Å². The lowest BCUT2D eigenvalue weighted by Gasteiger charge is -2.40. The van der Waals surface area contributed by atoms with Crippen LogP contribution in [0.5, 0.6) is 0 Å². The summed E-state index contributed by atoms with van der Waals surface area (Å²) in [6, 6.07) is 9.73. The molecule has 2 aromatic carbocycles. The molecular weight excluding hydrogens is 278 g/mol. The second-order valence-corrected chi connectivity index (χ2v) is 5.10. The van der Waals surface area contributed by atoms with Gasteiger partial charge in [-0.15, -0.1) is 0 Å². The highest BCUT2D eigenvalue weighted by Gasteiger charge is 2.48. The van der Waals surface area contributed by atoms with Crippen molar-refractivity contribution in [2.24, 2.45) is 0 Å². The fourth-order valence-corrected chi connectivity index (χ4v) is 2.27. The van der Waals surface area contributed by atoms with E-state index in [4.69, 9.17) is 0 Å². The molecule has 2 aromatic rings. The normalized spacial score (nSPS) is 17.0. The average molecular weight is 294 g/mol. The largest absolute Gasteiger partial charge is 0.393 e. The van der Waals surface area contributed by atoms with E-state index in [-0.39, 0.29) is 11.1 Å². The second-order valence-electron chi connectivity index (χ2n) is 5.10. The molecule has 0 heterocycles. The molecule has 5 heteroatoms. The van der Waals surface area contributed by atoms with Gasteiger partial charge in [0.2, 0.25) is 0 Å². The van der Waals surface area contributed by atoms with Crippen LogP contribution in [0.15, 0.2) is 48.5 Å². The predicted octanol–water partition coefficient (Wildman–Crippen LogP) is 2.05. The first kappa shape index (κ1) is 15.6. The van der Waals surface area contributed by atoms with Crippen molar-refractivity contribution >= 4 is 0 Å². The van der Waals surface area contributed by atoms with Gasteiger partial charge in [0.15, 0.2) is 0 Å². The smallest absolute Gasteiger partial charge is 0.145 e. The molecule has 0 amide bonds. The first-order chi connectivity index (χ1) is 9.81. The summed E-state index contributed by atoms with van der Waals surface area (Å²) in [6.07, 6.45) is 0. The van der Waals surface area contributed by atoms with Crippen molar-refractivity contribution in [3.05, 3.63) is 71.3 Å². The van der Waals surface area contributed by atoms with Crippen LogP contribution in [0.1, 0.15) is 18.1 Å². The Kier molecular flexibility index (Phi) is 4.09. The lowest BCUT2D eigenvalue weighted by molar-refractivity contribution is -0.176. The maximum Gasteiger partial charge on any atom is 0.145 e. The van der Waals surface area contributed by atoms with Crippen LogP contribution in [0.25, 0.3) is 0 Å². The molecule has 0 aliphatic carbocycles. The molecule has 21 heavy (non-hydrogen) atoms. The van der Waals surface area contributed by atoms with Gasteiger partial charge in [0.1, 0.15) is 22.8 Å². The summed E-state index contributed by atoms with van der Waals surface area (Å²) in [5, 5.41) is 31.0. The monoisotopic (exact) mass is 294 g/mol. The van der Waals surface area contributed by atoms with Gasteiger partial charge in [-0.2, -0.15) is 0 Å². The van der Waals surface area contributed by atoms with Gasteiger partial charge >= 0.3 is 0 Å². The molecular formula is C16H16F2O3. The van der Waals surface area contributed by atoms with Gasteiger partial charge in [-0.3, -0.25) is 0 Å². The Labute approximate surface area is 121 Å². The summed E-state index contributed by atoms with van der Waals surface area (Å²) >= 11 is 0. The average Bonchev–Trinajstić information content (AvgIpc) is 2.47. The highest BCUT2D eigenvalue weighted by molar-refractivity contribution is 5.33. The van der Waals surface area contributed by atoms with Crippen molar-refractivity contribution in [3.63, 3.8) is 0 Å². The summed E-state index contributed by atoms with van der Waals surface area (Å²) in [4.78, 5) is 0. The molecule has 0 saturated carbocycles. The van der Waals surface area contributed by atoms with E-state index in [1.54, 1.807) is 0 Å². The third-order valence-electron chi connectivity index (χ3n) is 3.76. The molecule has 0 aromatic heterocycles. The Morgan fingerprint density at radius 1 is 0.810 bits per heavy atom. The van der Waals surface area contributed by atoms with E-state index in [9.17, 15) is 24.1 Å². The topological polar surface area (TPSA) is 60.7 Å². The molecule has 0 aliphatic rings. The molecule has 0 bridgehead atoms. The summed E-state index contributed by atoms with van der Waals surface area (Å²) in [5.74, 6) is -0.982. The van der Waals surface area contributed by atoms with Crippen molar-refractivity contribution in [1.29, 1.82) is 0 Å². The van der Waals surface area contributed by atoms with Crippen molar-refractivity contribution in [2.75, 3.05) is 6.61 Å². The Hall–Kier alpha value is -1.82. The van der Waals surface area contributed by atoms with Gasteiger partial charge in [0, 0.05) is 0 Å². The van der Waals surface area contributed by atoms with Crippen LogP contribution in [0.3, 0.4) is 0 Å². The van der Waals surface area contributed by atoms with Crippen LogP contribution in [0, 0.1) is 11.6 Å². The maximum absolute atomic E-state index is 13.0. The molecule has 3 nitrogen and oxygen atoms in total. The number of rotatable bonds is 4. The Bertz CT molecular complexity index is 608. The second kappa shape index (κ2) is 5.52. The van der Waals surface area contributed by atoms with Crippen molar-refractivity contribution in [2.45, 2.75) is 18.1 Å². The Morgan fingerprint density at radius 2 is 1.19 bits per heavy atom. The van der Waals surface area contributed by atoms with E-state index in [0.29, 0.717) is 0 Å². The molecule has 0 unspecified atom stereocenters. The van der Waals surface area contributed by atoms with E-state index in [0.717, 1.165) is 24.3 Å². The Balaban J connectivity index is 2.51. The summed E-state index contributed by atoms with van der Waals surface area (Å²) < 4.78 is 26.0. The minimum Gasteiger partial charge on any atom is -0.393 e. The van der Waals surface area contributed by atoms with E-state index in [1.807, 2.05) is 0 Å². The van der Waals surface area contributed by atoms with E-state index in [2.05, 4.69) is 0 Å². The summed E-state index contributed by atoms with van der Waals surface area (Å²) in [6.45, 7) is 0.517. The minimum atomic E-state index is -2.06. The van der Waals surface area contributed by atoms with Gasteiger partial charge < -0.3 is 15.3 Å². The third-order valence-corrected chi connectivity index (χ3v) is 3.76. The van der Waals surface area contributed by atoms with Crippen molar-refractivity contribution in [1.82, 2.24) is 0 Å². The number of aliphatic hydroxyl groups excluding tert-OH is 1. The number of benzene rings is 2. The van der Waals surface area contributed by atoms with Crippen LogP contribution in [-0.4, -0.2) is 21.9 Å². The SMILES string of the molecule is C[C@@](O)(c1ccc(F)cc1)[C@](O)(CO)c1ccc(F)cc1. The number of hydrogen-bond acceptors (Lipinski definition) is 3. The van der Waals surface area contributed by atoms with Crippen molar-refractivity contribution < 1.29 is 24.1 Å². The van der Waals surface area contributed by atoms with Gasteiger partial charge in [-0.05, 0) is 42.3 Å². The molecule has 112 valence electrons. The fraction of sp³-hybridized carbons (Fsp3) is 0.250. The summed E-state index contributed by atoms with van der Waals surface area (Å²) in [7, 11) is 0. The first-order valence-corrected chi connectivity index (χ1v) is 6.39. The minimum absolute atomic E-state index is 0.153. The molecule has 3 N–H and O–H groups in total. The van der Waals surface area contributed by atoms with Crippen LogP contribution >= 0.6 is 0 Å². The van der Waals surface area contributed by atoms with Crippen LogP contribution in [0.4, 0.5) is 8.78 Å². The zero-order valence-electron chi connectivity index (χ0n) is 11.4. The molecule has 0 spiro atoms.